The van der Waals surface area contributed by atoms with Gasteiger partial charge < -0.3 is 0 Å². The standard InChI is InChI=1S/C28H22Se2/c1-29-27-19-25(21-9-5-3-6-10-21)17-15-23(27)13-14-24-16-18-26(20-28(24)30-2)22-11-7-4-8-12-22/h3-12,15-20H,1-2H3. The first kappa shape index (κ1) is 20.7. The van der Waals surface area contributed by atoms with Crippen LogP contribution >= 0.6 is 0 Å². The molecule has 4 aromatic rings. The molecule has 0 saturated heterocycles. The van der Waals surface area contributed by atoms with Crippen molar-refractivity contribution in [3.63, 3.8) is 0 Å². The van der Waals surface area contributed by atoms with Gasteiger partial charge in [0.2, 0.25) is 0 Å². The first-order chi connectivity index (χ1) is 14.8. The van der Waals surface area contributed by atoms with Crippen LogP contribution in [0.25, 0.3) is 22.3 Å². The Hall–Kier alpha value is -2.52. The van der Waals surface area contributed by atoms with Gasteiger partial charge >= 0.3 is 193 Å². The first-order valence-corrected chi connectivity index (χ1v) is 14.9. The zero-order valence-corrected chi connectivity index (χ0v) is 20.5. The molecular formula is C28H22Se2. The van der Waals surface area contributed by atoms with Crippen LogP contribution in [0.5, 0.6) is 0 Å². The second kappa shape index (κ2) is 9.99. The Bertz CT molecular complexity index is 1100. The predicted octanol–water partition coefficient (Wildman–Crippen LogP) is 5.18. The first-order valence-electron chi connectivity index (χ1n) is 9.77. The summed E-state index contributed by atoms with van der Waals surface area (Å²) in [4.78, 5) is 0. The van der Waals surface area contributed by atoms with Gasteiger partial charge in [0.05, 0.1) is 0 Å². The molecule has 0 aliphatic carbocycles. The van der Waals surface area contributed by atoms with Crippen molar-refractivity contribution < 1.29 is 0 Å². The molecule has 0 aromatic heterocycles. The summed E-state index contributed by atoms with van der Waals surface area (Å²) in [5, 5.41) is 0. The van der Waals surface area contributed by atoms with Crippen molar-refractivity contribution >= 4 is 38.8 Å². The molecule has 0 radical (unpaired) electrons. The second-order valence-corrected chi connectivity index (χ2v) is 10.4. The molecular weight excluding hydrogens is 494 g/mol. The van der Waals surface area contributed by atoms with Crippen molar-refractivity contribution in [2.45, 2.75) is 11.6 Å². The molecule has 0 amide bonds. The molecule has 30 heavy (non-hydrogen) atoms. The van der Waals surface area contributed by atoms with Gasteiger partial charge in [0.1, 0.15) is 0 Å². The minimum atomic E-state index is 0.392. The number of hydrogen-bond acceptors (Lipinski definition) is 0. The van der Waals surface area contributed by atoms with E-state index >= 15 is 0 Å². The Kier molecular flexibility index (Phi) is 6.91. The van der Waals surface area contributed by atoms with Crippen molar-refractivity contribution in [3.05, 3.63) is 108 Å². The summed E-state index contributed by atoms with van der Waals surface area (Å²) < 4.78 is 2.72. The summed E-state index contributed by atoms with van der Waals surface area (Å²) in [6.45, 7) is 0. The normalized spacial score (nSPS) is 10.3. The average Bonchev–Trinajstić information content (AvgIpc) is 2.83. The molecule has 4 rings (SSSR count). The van der Waals surface area contributed by atoms with Gasteiger partial charge in [-0.1, -0.05) is 0 Å². The maximum absolute atomic E-state index is 3.47. The Labute approximate surface area is 192 Å². The zero-order chi connectivity index (χ0) is 20.8. The summed E-state index contributed by atoms with van der Waals surface area (Å²) >= 11 is 0.785. The second-order valence-electron chi connectivity index (χ2n) is 6.81. The molecule has 2 heteroatoms. The number of rotatable bonds is 4. The quantitative estimate of drug-likeness (QED) is 0.259. The van der Waals surface area contributed by atoms with E-state index in [1.807, 2.05) is 0 Å². The van der Waals surface area contributed by atoms with Crippen molar-refractivity contribution in [2.24, 2.45) is 0 Å². The number of benzene rings is 4. The van der Waals surface area contributed by atoms with E-state index in [2.05, 4.69) is 121 Å². The van der Waals surface area contributed by atoms with E-state index in [1.165, 1.54) is 31.2 Å². The van der Waals surface area contributed by atoms with Crippen LogP contribution in [0.1, 0.15) is 11.1 Å². The minimum absolute atomic E-state index is 0.392. The Morgan fingerprint density at radius 2 is 0.867 bits per heavy atom. The third-order valence-corrected chi connectivity index (χ3v) is 8.21. The van der Waals surface area contributed by atoms with Crippen molar-refractivity contribution in [2.75, 3.05) is 0 Å². The molecule has 0 spiro atoms. The van der Waals surface area contributed by atoms with Crippen LogP contribution in [0.2, 0.25) is 11.6 Å². The van der Waals surface area contributed by atoms with Gasteiger partial charge in [0.25, 0.3) is 0 Å². The Morgan fingerprint density at radius 1 is 0.467 bits per heavy atom. The maximum atomic E-state index is 3.47. The molecule has 0 aliphatic heterocycles. The van der Waals surface area contributed by atoms with Gasteiger partial charge in [0, 0.05) is 0 Å². The molecule has 0 atom stereocenters. The van der Waals surface area contributed by atoms with Crippen molar-refractivity contribution in [1.82, 2.24) is 0 Å². The fourth-order valence-electron chi connectivity index (χ4n) is 3.34. The SMILES string of the molecule is C[Se]c1cc(-c2ccccc2)ccc1C#Cc1ccc(-c2ccccc2)cc1[Se]C. The molecule has 0 saturated carbocycles. The fraction of sp³-hybridized carbons (Fsp3) is 0.0714. The summed E-state index contributed by atoms with van der Waals surface area (Å²) in [6.07, 6.45) is 0. The van der Waals surface area contributed by atoms with Crippen LogP contribution in [0.4, 0.5) is 0 Å². The molecule has 0 nitrogen and oxygen atoms in total. The van der Waals surface area contributed by atoms with E-state index in [4.69, 9.17) is 0 Å². The number of hydrogen-bond donors (Lipinski definition) is 0. The van der Waals surface area contributed by atoms with Crippen LogP contribution in [0, 0.1) is 11.8 Å². The third-order valence-electron chi connectivity index (χ3n) is 4.95. The molecule has 0 aliphatic rings. The van der Waals surface area contributed by atoms with E-state index in [9.17, 15) is 0 Å². The average molecular weight is 516 g/mol. The monoisotopic (exact) mass is 518 g/mol. The molecule has 4 aromatic carbocycles. The topological polar surface area (TPSA) is 0 Å². The zero-order valence-electron chi connectivity index (χ0n) is 17.1. The van der Waals surface area contributed by atoms with E-state index in [-0.39, 0.29) is 0 Å². The van der Waals surface area contributed by atoms with E-state index in [0.717, 1.165) is 11.1 Å². The molecule has 0 heterocycles. The third kappa shape index (κ3) is 4.79. The molecule has 0 fully saturated rings. The van der Waals surface area contributed by atoms with Crippen molar-refractivity contribution in [1.29, 1.82) is 0 Å². The Morgan fingerprint density at radius 3 is 1.23 bits per heavy atom. The summed E-state index contributed by atoms with van der Waals surface area (Å²) in [5.74, 6) is 11.5. The molecule has 0 N–H and O–H groups in total. The van der Waals surface area contributed by atoms with Gasteiger partial charge in [-0.05, 0) is 0 Å². The molecule has 146 valence electrons. The van der Waals surface area contributed by atoms with Gasteiger partial charge in [-0.2, -0.15) is 0 Å². The van der Waals surface area contributed by atoms with E-state index in [1.54, 1.807) is 0 Å². The van der Waals surface area contributed by atoms with Crippen LogP contribution in [0.3, 0.4) is 0 Å². The predicted molar refractivity (Wildman–Crippen MR) is 132 cm³/mol. The van der Waals surface area contributed by atoms with E-state index < -0.39 is 0 Å². The molecule has 0 bridgehead atoms. The summed E-state index contributed by atoms with van der Waals surface area (Å²) in [5.41, 5.74) is 7.36. The van der Waals surface area contributed by atoms with Gasteiger partial charge in [-0.3, -0.25) is 0 Å². The van der Waals surface area contributed by atoms with Crippen LogP contribution in [-0.4, -0.2) is 29.9 Å². The van der Waals surface area contributed by atoms with Crippen LogP contribution in [-0.2, 0) is 0 Å². The van der Waals surface area contributed by atoms with Crippen LogP contribution < -0.4 is 8.92 Å². The van der Waals surface area contributed by atoms with Gasteiger partial charge in [-0.25, -0.2) is 0 Å². The summed E-state index contributed by atoms with van der Waals surface area (Å²) in [6, 6.07) is 34.5. The van der Waals surface area contributed by atoms with Gasteiger partial charge in [-0.15, -0.1) is 0 Å². The Balaban J connectivity index is 1.66. The van der Waals surface area contributed by atoms with Crippen LogP contribution in [0.15, 0.2) is 97.1 Å². The van der Waals surface area contributed by atoms with Crippen molar-refractivity contribution in [3.8, 4) is 34.1 Å². The summed E-state index contributed by atoms with van der Waals surface area (Å²) in [7, 11) is 0. The molecule has 0 unspecified atom stereocenters. The van der Waals surface area contributed by atoms with Gasteiger partial charge in [0.15, 0.2) is 0 Å². The fourth-order valence-corrected chi connectivity index (χ4v) is 5.79. The van der Waals surface area contributed by atoms with E-state index in [0.29, 0.717) is 29.9 Å².